The SMILES string of the molecule is CCOc1ccc(C([SiH3])(c2cccc(Oc3ccc(F)cc3)c2)C(C)(C)C)cc1. The van der Waals surface area contributed by atoms with Gasteiger partial charge in [0.05, 0.1) is 6.61 Å². The zero-order valence-corrected chi connectivity index (χ0v) is 19.8. The lowest BCUT2D eigenvalue weighted by atomic mass is 9.71. The Balaban J connectivity index is 1.99. The quantitative estimate of drug-likeness (QED) is 0.489. The van der Waals surface area contributed by atoms with Crippen LogP contribution in [0.4, 0.5) is 4.39 Å². The van der Waals surface area contributed by atoms with Crippen LogP contribution in [0.15, 0.2) is 72.8 Å². The van der Waals surface area contributed by atoms with Gasteiger partial charge in [0.25, 0.3) is 0 Å². The average molecular weight is 409 g/mol. The van der Waals surface area contributed by atoms with Gasteiger partial charge < -0.3 is 9.47 Å². The summed E-state index contributed by atoms with van der Waals surface area (Å²) < 4.78 is 24.8. The van der Waals surface area contributed by atoms with E-state index in [1.54, 1.807) is 12.1 Å². The molecular formula is C25H29FO2Si. The monoisotopic (exact) mass is 408 g/mol. The molecule has 0 N–H and O–H groups in total. The predicted molar refractivity (Wildman–Crippen MR) is 121 cm³/mol. The number of hydrogen-bond acceptors (Lipinski definition) is 2. The molecule has 0 saturated carbocycles. The van der Waals surface area contributed by atoms with Crippen LogP contribution in [0.25, 0.3) is 0 Å². The van der Waals surface area contributed by atoms with Gasteiger partial charge in [-0.25, -0.2) is 4.39 Å². The van der Waals surface area contributed by atoms with Crippen molar-refractivity contribution in [1.82, 2.24) is 0 Å². The Kier molecular flexibility index (Phi) is 6.13. The second kappa shape index (κ2) is 8.42. The van der Waals surface area contributed by atoms with E-state index < -0.39 is 0 Å². The molecule has 0 aromatic heterocycles. The van der Waals surface area contributed by atoms with Crippen molar-refractivity contribution in [3.8, 4) is 17.2 Å². The number of halogens is 1. The van der Waals surface area contributed by atoms with Crippen molar-refractivity contribution in [3.05, 3.63) is 89.7 Å². The Morgan fingerprint density at radius 2 is 1.41 bits per heavy atom. The van der Waals surface area contributed by atoms with Gasteiger partial charge in [0.1, 0.15) is 23.1 Å². The molecular weight excluding hydrogens is 379 g/mol. The minimum absolute atomic E-state index is 0.0147. The summed E-state index contributed by atoms with van der Waals surface area (Å²) >= 11 is 0. The molecule has 0 heterocycles. The Bertz CT molecular complexity index is 946. The second-order valence-electron chi connectivity index (χ2n) is 8.42. The molecule has 3 rings (SSSR count). The molecule has 1 unspecified atom stereocenters. The molecule has 0 aliphatic carbocycles. The highest BCUT2D eigenvalue weighted by Crippen LogP contribution is 2.45. The zero-order chi connectivity index (χ0) is 21.1. The molecule has 29 heavy (non-hydrogen) atoms. The van der Waals surface area contributed by atoms with Gasteiger partial charge in [0.2, 0.25) is 0 Å². The molecule has 3 aromatic rings. The normalized spacial score (nSPS) is 13.7. The molecule has 0 amide bonds. The molecule has 0 bridgehead atoms. The maximum absolute atomic E-state index is 13.2. The molecule has 0 aliphatic heterocycles. The van der Waals surface area contributed by atoms with Crippen LogP contribution in [0, 0.1) is 11.2 Å². The average Bonchev–Trinajstić information content (AvgIpc) is 2.69. The molecule has 0 radical (unpaired) electrons. The third kappa shape index (κ3) is 4.53. The van der Waals surface area contributed by atoms with E-state index in [9.17, 15) is 4.39 Å². The summed E-state index contributed by atoms with van der Waals surface area (Å²) in [5.41, 5.74) is 2.51. The first-order chi connectivity index (χ1) is 13.7. The first kappa shape index (κ1) is 21.1. The van der Waals surface area contributed by atoms with Gasteiger partial charge in [-0.15, -0.1) is 0 Å². The number of hydrogen-bond donors (Lipinski definition) is 0. The highest BCUT2D eigenvalue weighted by Gasteiger charge is 2.40. The van der Waals surface area contributed by atoms with E-state index >= 15 is 0 Å². The van der Waals surface area contributed by atoms with Gasteiger partial charge >= 0.3 is 0 Å². The van der Waals surface area contributed by atoms with E-state index in [1.807, 2.05) is 19.1 Å². The highest BCUT2D eigenvalue weighted by atomic mass is 28.1. The van der Waals surface area contributed by atoms with Crippen LogP contribution in [-0.2, 0) is 5.04 Å². The van der Waals surface area contributed by atoms with E-state index in [0.29, 0.717) is 12.4 Å². The fourth-order valence-corrected chi connectivity index (χ4v) is 4.24. The lowest BCUT2D eigenvalue weighted by Crippen LogP contribution is -2.41. The van der Waals surface area contributed by atoms with Crippen LogP contribution in [0.2, 0.25) is 0 Å². The first-order valence-electron chi connectivity index (χ1n) is 10.0. The van der Waals surface area contributed by atoms with Crippen molar-refractivity contribution in [2.24, 2.45) is 5.41 Å². The van der Waals surface area contributed by atoms with E-state index in [4.69, 9.17) is 9.47 Å². The molecule has 4 heteroatoms. The Labute approximate surface area is 176 Å². The van der Waals surface area contributed by atoms with Gasteiger partial charge in [-0.1, -0.05) is 45.0 Å². The van der Waals surface area contributed by atoms with Gasteiger partial charge in [-0.3, -0.25) is 0 Å². The molecule has 0 spiro atoms. The summed E-state index contributed by atoms with van der Waals surface area (Å²) in [7, 11) is 0.926. The summed E-state index contributed by atoms with van der Waals surface area (Å²) in [5.74, 6) is 2.00. The molecule has 0 fully saturated rings. The van der Waals surface area contributed by atoms with Gasteiger partial charge in [0, 0.05) is 15.3 Å². The first-order valence-corrected chi connectivity index (χ1v) is 11.0. The predicted octanol–water partition coefficient (Wildman–Crippen LogP) is 5.67. The Hall–Kier alpha value is -2.59. The van der Waals surface area contributed by atoms with Crippen molar-refractivity contribution in [3.63, 3.8) is 0 Å². The summed E-state index contributed by atoms with van der Waals surface area (Å²) in [4.78, 5) is 0. The third-order valence-electron chi connectivity index (χ3n) is 5.70. The summed E-state index contributed by atoms with van der Waals surface area (Å²) in [6.45, 7) is 9.50. The number of benzene rings is 3. The van der Waals surface area contributed by atoms with Crippen molar-refractivity contribution < 1.29 is 13.9 Å². The number of rotatable bonds is 6. The van der Waals surface area contributed by atoms with E-state index in [-0.39, 0.29) is 16.3 Å². The lowest BCUT2D eigenvalue weighted by Gasteiger charge is -2.43. The largest absolute Gasteiger partial charge is 0.494 e. The van der Waals surface area contributed by atoms with Gasteiger partial charge in [-0.05, 0) is 72.0 Å². The minimum Gasteiger partial charge on any atom is -0.494 e. The maximum Gasteiger partial charge on any atom is 0.127 e. The molecule has 1 atom stereocenters. The van der Waals surface area contributed by atoms with Crippen LogP contribution in [0.3, 0.4) is 0 Å². The van der Waals surface area contributed by atoms with Crippen LogP contribution >= 0.6 is 0 Å². The highest BCUT2D eigenvalue weighted by molar-refractivity contribution is 6.19. The molecule has 3 aromatic carbocycles. The van der Waals surface area contributed by atoms with Crippen LogP contribution in [0.1, 0.15) is 38.8 Å². The lowest BCUT2D eigenvalue weighted by molar-refractivity contribution is 0.315. The minimum atomic E-state index is -0.270. The van der Waals surface area contributed by atoms with Crippen molar-refractivity contribution in [1.29, 1.82) is 0 Å². The smallest absolute Gasteiger partial charge is 0.127 e. The van der Waals surface area contributed by atoms with Gasteiger partial charge in [0.15, 0.2) is 0 Å². The molecule has 152 valence electrons. The third-order valence-corrected chi connectivity index (χ3v) is 8.36. The summed E-state index contributed by atoms with van der Waals surface area (Å²) in [5, 5.41) is -0.111. The molecule has 2 nitrogen and oxygen atoms in total. The Morgan fingerprint density at radius 1 is 0.793 bits per heavy atom. The molecule has 0 saturated heterocycles. The van der Waals surface area contributed by atoms with Crippen LogP contribution in [-0.4, -0.2) is 16.8 Å². The second-order valence-corrected chi connectivity index (χ2v) is 9.92. The van der Waals surface area contributed by atoms with Gasteiger partial charge in [-0.2, -0.15) is 0 Å². The van der Waals surface area contributed by atoms with Crippen LogP contribution < -0.4 is 9.47 Å². The van der Waals surface area contributed by atoms with Crippen molar-refractivity contribution in [2.45, 2.75) is 32.7 Å². The Morgan fingerprint density at radius 3 is 2.00 bits per heavy atom. The zero-order valence-electron chi connectivity index (χ0n) is 17.8. The standard InChI is InChI=1S/C25H29FO2Si/c1-5-27-21-13-9-18(10-14-21)25(29,24(2,3)4)19-7-6-8-23(17-19)28-22-15-11-20(26)12-16-22/h6-17H,5H2,1-4,29H3. The van der Waals surface area contributed by atoms with Crippen molar-refractivity contribution >= 4 is 10.2 Å². The number of ether oxygens (including phenoxy) is 2. The van der Waals surface area contributed by atoms with E-state index in [1.165, 1.54) is 23.3 Å². The van der Waals surface area contributed by atoms with E-state index in [2.05, 4.69) is 57.2 Å². The van der Waals surface area contributed by atoms with E-state index in [0.717, 1.165) is 21.7 Å². The van der Waals surface area contributed by atoms with Crippen LogP contribution in [0.5, 0.6) is 17.2 Å². The fraction of sp³-hybridized carbons (Fsp3) is 0.280. The summed E-state index contributed by atoms with van der Waals surface area (Å²) in [6, 6.07) is 22.8. The topological polar surface area (TPSA) is 18.5 Å². The fourth-order valence-electron chi connectivity index (χ4n) is 3.59. The molecule has 0 aliphatic rings. The summed E-state index contributed by atoms with van der Waals surface area (Å²) in [6.07, 6.45) is 0. The maximum atomic E-state index is 13.2. The van der Waals surface area contributed by atoms with Crippen molar-refractivity contribution in [2.75, 3.05) is 6.61 Å².